The number of benzene rings is 2. The minimum absolute atomic E-state index is 0.0556. The average Bonchev–Trinajstić information content (AvgIpc) is 3.54. The summed E-state index contributed by atoms with van der Waals surface area (Å²) in [5, 5.41) is 13.8. The van der Waals surface area contributed by atoms with E-state index in [0.29, 0.717) is 22.3 Å². The highest BCUT2D eigenvalue weighted by atomic mass is 79.9. The zero-order chi connectivity index (χ0) is 29.5. The van der Waals surface area contributed by atoms with Crippen molar-refractivity contribution in [3.63, 3.8) is 0 Å². The van der Waals surface area contributed by atoms with Gasteiger partial charge in [-0.1, -0.05) is 24.3 Å². The molecule has 2 amide bonds. The topological polar surface area (TPSA) is 146 Å². The van der Waals surface area contributed by atoms with E-state index >= 15 is 0 Å². The van der Waals surface area contributed by atoms with E-state index in [2.05, 4.69) is 36.8 Å². The first-order valence-electron chi connectivity index (χ1n) is 12.5. The number of hydrogen-bond donors (Lipinski definition) is 2. The first kappa shape index (κ1) is 29.2. The number of nitrogens with one attached hydrogen (secondary N) is 2. The Kier molecular flexibility index (Phi) is 9.30. The summed E-state index contributed by atoms with van der Waals surface area (Å²) in [5.74, 6) is -2.16. The van der Waals surface area contributed by atoms with E-state index in [1.54, 1.807) is 55.6 Å². The second-order valence-corrected chi connectivity index (χ2v) is 9.53. The number of aryl methyl sites for hydroxylation is 2. The molecule has 2 N–H and O–H groups in total. The molecule has 0 atom stereocenters. The molecule has 0 bridgehead atoms. The summed E-state index contributed by atoms with van der Waals surface area (Å²) in [6.07, 6.45) is 3.24. The van der Waals surface area contributed by atoms with Crippen LogP contribution in [0.15, 0.2) is 65.4 Å². The fraction of sp³-hybridized carbons (Fsp3) is 0.214. The Morgan fingerprint density at radius 1 is 0.854 bits per heavy atom. The highest BCUT2D eigenvalue weighted by Gasteiger charge is 2.22. The van der Waals surface area contributed by atoms with Crippen LogP contribution < -0.4 is 10.6 Å². The lowest BCUT2D eigenvalue weighted by Gasteiger charge is -2.12. The number of rotatable bonds is 10. The second-order valence-electron chi connectivity index (χ2n) is 8.68. The van der Waals surface area contributed by atoms with Gasteiger partial charge in [0, 0.05) is 25.6 Å². The normalized spacial score (nSPS) is 10.6. The zero-order valence-electron chi connectivity index (χ0n) is 22.5. The molecule has 0 aliphatic carbocycles. The van der Waals surface area contributed by atoms with Gasteiger partial charge >= 0.3 is 11.9 Å². The highest BCUT2D eigenvalue weighted by Crippen LogP contribution is 2.22. The molecule has 12 nitrogen and oxygen atoms in total. The summed E-state index contributed by atoms with van der Waals surface area (Å²) in [4.78, 5) is 51.1. The molecule has 2 aromatic heterocycles. The maximum absolute atomic E-state index is 13.1. The van der Waals surface area contributed by atoms with Crippen molar-refractivity contribution >= 4 is 51.1 Å². The van der Waals surface area contributed by atoms with Crippen LogP contribution in [0.2, 0.25) is 0 Å². The monoisotopic (exact) mass is 622 g/mol. The Labute approximate surface area is 243 Å². The van der Waals surface area contributed by atoms with Crippen LogP contribution >= 0.6 is 15.9 Å². The van der Waals surface area contributed by atoms with Crippen molar-refractivity contribution in [2.24, 2.45) is 7.05 Å². The van der Waals surface area contributed by atoms with E-state index in [0.717, 1.165) is 0 Å². The molecule has 4 aromatic rings. The molecule has 0 radical (unpaired) electrons. The molecular formula is C28H27BrN6O6. The number of carbonyl (C=O) groups is 4. The average molecular weight is 623 g/mol. The van der Waals surface area contributed by atoms with Crippen molar-refractivity contribution in [2.45, 2.75) is 19.9 Å². The number of anilines is 2. The summed E-state index contributed by atoms with van der Waals surface area (Å²) in [7, 11) is 2.87. The number of hydrogen-bond acceptors (Lipinski definition) is 8. The van der Waals surface area contributed by atoms with Gasteiger partial charge < -0.3 is 20.1 Å². The molecule has 2 aromatic carbocycles. The van der Waals surface area contributed by atoms with Crippen LogP contribution in [0.25, 0.3) is 0 Å². The third-order valence-corrected chi connectivity index (χ3v) is 6.70. The number of para-hydroxylation sites is 2. The number of esters is 2. The van der Waals surface area contributed by atoms with Gasteiger partial charge in [0.05, 0.1) is 53.1 Å². The standard InChI is InChI=1S/C28H27BrN6O6/c1-4-35-24(20(29)16-31-35)26(37)33-22-12-8-6-10-19(22)28(39)41-14-13-17-15-30-34(2)23(17)25(36)32-21-11-7-5-9-18(21)27(38)40-3/h5-12,15-16H,4,13-14H2,1-3H3,(H,32,36)(H,33,37). The van der Waals surface area contributed by atoms with Crippen LogP contribution in [0.3, 0.4) is 0 Å². The van der Waals surface area contributed by atoms with Crippen LogP contribution in [-0.2, 0) is 29.5 Å². The molecule has 0 unspecified atom stereocenters. The minimum atomic E-state index is -0.647. The summed E-state index contributed by atoms with van der Waals surface area (Å²) < 4.78 is 13.7. The van der Waals surface area contributed by atoms with Gasteiger partial charge in [-0.2, -0.15) is 10.2 Å². The van der Waals surface area contributed by atoms with E-state index in [-0.39, 0.29) is 41.2 Å². The summed E-state index contributed by atoms with van der Waals surface area (Å²) in [5.41, 5.74) is 2.05. The molecule has 2 heterocycles. The van der Waals surface area contributed by atoms with Crippen molar-refractivity contribution < 1.29 is 28.7 Å². The maximum atomic E-state index is 13.1. The van der Waals surface area contributed by atoms with Crippen LogP contribution in [-0.4, -0.2) is 57.0 Å². The molecule has 0 spiro atoms. The molecule has 0 aliphatic rings. The smallest absolute Gasteiger partial charge is 0.340 e. The van der Waals surface area contributed by atoms with Gasteiger partial charge in [-0.3, -0.25) is 19.0 Å². The molecule has 212 valence electrons. The number of carbonyl (C=O) groups excluding carboxylic acids is 4. The van der Waals surface area contributed by atoms with Crippen molar-refractivity contribution in [3.8, 4) is 0 Å². The van der Waals surface area contributed by atoms with Gasteiger partial charge in [0.15, 0.2) is 0 Å². The summed E-state index contributed by atoms with van der Waals surface area (Å²) >= 11 is 3.33. The molecule has 4 rings (SSSR count). The summed E-state index contributed by atoms with van der Waals surface area (Å²) in [6, 6.07) is 13.0. The Hall–Kier alpha value is -4.78. The number of halogens is 1. The van der Waals surface area contributed by atoms with Crippen LogP contribution in [0, 0.1) is 0 Å². The van der Waals surface area contributed by atoms with Crippen LogP contribution in [0.1, 0.15) is 54.2 Å². The number of nitrogens with zero attached hydrogens (tertiary/aromatic N) is 4. The highest BCUT2D eigenvalue weighted by molar-refractivity contribution is 9.10. The lowest BCUT2D eigenvalue weighted by atomic mass is 10.1. The van der Waals surface area contributed by atoms with Gasteiger partial charge in [-0.15, -0.1) is 0 Å². The Morgan fingerprint density at radius 3 is 2.05 bits per heavy atom. The minimum Gasteiger partial charge on any atom is -0.465 e. The Balaban J connectivity index is 1.43. The van der Waals surface area contributed by atoms with Gasteiger partial charge in [-0.25, -0.2) is 9.59 Å². The van der Waals surface area contributed by atoms with Gasteiger partial charge in [0.1, 0.15) is 11.4 Å². The lowest BCUT2D eigenvalue weighted by molar-refractivity contribution is 0.0509. The largest absolute Gasteiger partial charge is 0.465 e. The fourth-order valence-electron chi connectivity index (χ4n) is 4.13. The van der Waals surface area contributed by atoms with Gasteiger partial charge in [0.25, 0.3) is 11.8 Å². The van der Waals surface area contributed by atoms with E-state index in [1.807, 2.05) is 6.92 Å². The number of ether oxygens (including phenoxy) is 2. The van der Waals surface area contributed by atoms with Crippen molar-refractivity contribution in [3.05, 3.63) is 93.5 Å². The second kappa shape index (κ2) is 13.0. The predicted molar refractivity (Wildman–Crippen MR) is 153 cm³/mol. The molecule has 0 fully saturated rings. The van der Waals surface area contributed by atoms with Crippen molar-refractivity contribution in [1.29, 1.82) is 0 Å². The predicted octanol–water partition coefficient (Wildman–Crippen LogP) is 4.09. The van der Waals surface area contributed by atoms with E-state index < -0.39 is 23.8 Å². The first-order chi connectivity index (χ1) is 19.7. The molecule has 41 heavy (non-hydrogen) atoms. The number of aromatic nitrogens is 4. The van der Waals surface area contributed by atoms with Crippen LogP contribution in [0.4, 0.5) is 11.4 Å². The zero-order valence-corrected chi connectivity index (χ0v) is 24.1. The SMILES string of the molecule is CCn1ncc(Br)c1C(=O)Nc1ccccc1C(=O)OCCc1cnn(C)c1C(=O)Nc1ccccc1C(=O)OC. The molecular weight excluding hydrogens is 596 g/mol. The molecule has 0 saturated carbocycles. The van der Waals surface area contributed by atoms with E-state index in [9.17, 15) is 19.2 Å². The lowest BCUT2D eigenvalue weighted by Crippen LogP contribution is -2.21. The molecule has 13 heteroatoms. The third kappa shape index (κ3) is 6.52. The summed E-state index contributed by atoms with van der Waals surface area (Å²) in [6.45, 7) is 2.30. The third-order valence-electron chi connectivity index (χ3n) is 6.12. The number of methoxy groups -OCH3 is 1. The van der Waals surface area contributed by atoms with E-state index in [4.69, 9.17) is 9.47 Å². The van der Waals surface area contributed by atoms with E-state index in [1.165, 1.54) is 28.9 Å². The molecule has 0 aliphatic heterocycles. The fourth-order valence-corrected chi connectivity index (χ4v) is 4.61. The van der Waals surface area contributed by atoms with Crippen LogP contribution in [0.5, 0.6) is 0 Å². The van der Waals surface area contributed by atoms with Crippen molar-refractivity contribution in [1.82, 2.24) is 19.6 Å². The Bertz CT molecular complexity index is 1610. The first-order valence-corrected chi connectivity index (χ1v) is 13.3. The van der Waals surface area contributed by atoms with Gasteiger partial charge in [0.2, 0.25) is 0 Å². The van der Waals surface area contributed by atoms with Crippen molar-refractivity contribution in [2.75, 3.05) is 24.4 Å². The Morgan fingerprint density at radius 2 is 1.44 bits per heavy atom. The van der Waals surface area contributed by atoms with Gasteiger partial charge in [-0.05, 0) is 47.1 Å². The maximum Gasteiger partial charge on any atom is 0.340 e. The number of amides is 2. The molecule has 0 saturated heterocycles. The quantitative estimate of drug-likeness (QED) is 0.251.